The molecule has 0 spiro atoms. The van der Waals surface area contributed by atoms with Crippen LogP contribution in [0.15, 0.2) is 41.3 Å². The topological polar surface area (TPSA) is 49.4 Å². The van der Waals surface area contributed by atoms with Crippen molar-refractivity contribution < 1.29 is 9.59 Å². The summed E-state index contributed by atoms with van der Waals surface area (Å²) in [6.07, 6.45) is 6.55. The lowest BCUT2D eigenvalue weighted by atomic mass is 9.91. The Bertz CT molecular complexity index is 935. The molecule has 0 atom stereocenters. The van der Waals surface area contributed by atoms with Crippen molar-refractivity contribution in [3.63, 3.8) is 0 Å². The van der Waals surface area contributed by atoms with Gasteiger partial charge in [-0.25, -0.2) is 0 Å². The molecule has 0 bridgehead atoms. The summed E-state index contributed by atoms with van der Waals surface area (Å²) >= 11 is 1.81. The first-order chi connectivity index (χ1) is 14.8. The molecule has 166 valence electrons. The number of carbonyl (C=O) groups excluding carboxylic acids is 2. The smallest absolute Gasteiger partial charge is 0.224 e. The average Bonchev–Trinajstić information content (AvgIpc) is 2.72. The summed E-state index contributed by atoms with van der Waals surface area (Å²) in [7, 11) is 0. The maximum Gasteiger partial charge on any atom is 0.224 e. The summed E-state index contributed by atoms with van der Waals surface area (Å²) in [5.41, 5.74) is 5.26. The number of nitrogens with one attached hydrogen (secondary N) is 1. The van der Waals surface area contributed by atoms with E-state index in [1.165, 1.54) is 50.2 Å². The van der Waals surface area contributed by atoms with Crippen molar-refractivity contribution in [1.82, 2.24) is 0 Å². The van der Waals surface area contributed by atoms with E-state index >= 15 is 0 Å². The van der Waals surface area contributed by atoms with Gasteiger partial charge in [0.2, 0.25) is 11.8 Å². The van der Waals surface area contributed by atoms with Gasteiger partial charge in [0.05, 0.1) is 12.2 Å². The van der Waals surface area contributed by atoms with Crippen molar-refractivity contribution in [2.45, 2.75) is 71.2 Å². The predicted molar refractivity (Wildman–Crippen MR) is 131 cm³/mol. The molecule has 1 fully saturated rings. The van der Waals surface area contributed by atoms with E-state index in [2.05, 4.69) is 37.4 Å². The molecule has 2 aromatic carbocycles. The van der Waals surface area contributed by atoms with Gasteiger partial charge >= 0.3 is 0 Å². The van der Waals surface area contributed by atoms with Crippen molar-refractivity contribution in [2.24, 2.45) is 5.92 Å². The van der Waals surface area contributed by atoms with E-state index in [1.54, 1.807) is 6.92 Å². The SMILES string of the molecule is CC(=O)Nc1ccc(N(Cc2ccc(C)cc2C)C(C)=O)c(SCC2CCCCC2)c1. The monoisotopic (exact) mass is 438 g/mol. The number of thioether (sulfide) groups is 1. The molecule has 1 aliphatic rings. The van der Waals surface area contributed by atoms with Gasteiger partial charge < -0.3 is 10.2 Å². The van der Waals surface area contributed by atoms with Crippen LogP contribution in [0.5, 0.6) is 0 Å². The van der Waals surface area contributed by atoms with E-state index in [4.69, 9.17) is 0 Å². The molecular formula is C26H34N2O2S. The maximum atomic E-state index is 12.7. The van der Waals surface area contributed by atoms with Gasteiger partial charge in [-0.05, 0) is 61.9 Å². The van der Waals surface area contributed by atoms with Gasteiger partial charge in [-0.1, -0.05) is 43.0 Å². The predicted octanol–water partition coefficient (Wildman–Crippen LogP) is 6.49. The molecule has 1 N–H and O–H groups in total. The Morgan fingerprint density at radius 1 is 1.03 bits per heavy atom. The summed E-state index contributed by atoms with van der Waals surface area (Å²) in [5, 5.41) is 2.89. The zero-order valence-electron chi connectivity index (χ0n) is 19.2. The van der Waals surface area contributed by atoms with Gasteiger partial charge in [0, 0.05) is 30.2 Å². The zero-order valence-corrected chi connectivity index (χ0v) is 20.0. The Morgan fingerprint density at radius 3 is 2.42 bits per heavy atom. The highest BCUT2D eigenvalue weighted by Gasteiger charge is 2.20. The molecule has 0 aliphatic heterocycles. The molecule has 1 saturated carbocycles. The molecular weight excluding hydrogens is 404 g/mol. The highest BCUT2D eigenvalue weighted by Crippen LogP contribution is 2.37. The lowest BCUT2D eigenvalue weighted by Gasteiger charge is -2.27. The molecule has 31 heavy (non-hydrogen) atoms. The number of hydrogen-bond acceptors (Lipinski definition) is 3. The van der Waals surface area contributed by atoms with Gasteiger partial charge in [-0.2, -0.15) is 0 Å². The molecule has 5 heteroatoms. The van der Waals surface area contributed by atoms with E-state index in [1.807, 2.05) is 34.9 Å². The second-order valence-corrected chi connectivity index (χ2v) is 9.78. The minimum absolute atomic E-state index is 0.0202. The van der Waals surface area contributed by atoms with Gasteiger partial charge in [-0.15, -0.1) is 11.8 Å². The highest BCUT2D eigenvalue weighted by molar-refractivity contribution is 7.99. The number of nitrogens with zero attached hydrogens (tertiary/aromatic N) is 1. The molecule has 0 saturated heterocycles. The van der Waals surface area contributed by atoms with E-state index in [9.17, 15) is 9.59 Å². The lowest BCUT2D eigenvalue weighted by molar-refractivity contribution is -0.117. The van der Waals surface area contributed by atoms with Crippen molar-refractivity contribution in [3.8, 4) is 0 Å². The van der Waals surface area contributed by atoms with Crippen LogP contribution in [-0.4, -0.2) is 17.6 Å². The van der Waals surface area contributed by atoms with Gasteiger partial charge in [0.1, 0.15) is 0 Å². The second kappa shape index (κ2) is 10.9. The molecule has 3 rings (SSSR count). The standard InChI is InChI=1S/C26H34N2O2S/c1-18-10-11-23(19(2)14-18)16-28(21(4)30)25-13-12-24(27-20(3)29)15-26(25)31-17-22-8-6-5-7-9-22/h10-15,22H,5-9,16-17H2,1-4H3,(H,27,29). The number of hydrogen-bond donors (Lipinski definition) is 1. The summed E-state index contributed by atoms with van der Waals surface area (Å²) in [6.45, 7) is 7.86. The van der Waals surface area contributed by atoms with E-state index in [0.29, 0.717) is 6.54 Å². The van der Waals surface area contributed by atoms with Crippen LogP contribution >= 0.6 is 11.8 Å². The zero-order chi connectivity index (χ0) is 22.4. The van der Waals surface area contributed by atoms with Crippen molar-refractivity contribution in [3.05, 3.63) is 53.1 Å². The number of anilines is 2. The highest BCUT2D eigenvalue weighted by atomic mass is 32.2. The normalized spacial score (nSPS) is 14.3. The number of aryl methyl sites for hydroxylation is 2. The fourth-order valence-electron chi connectivity index (χ4n) is 4.25. The average molecular weight is 439 g/mol. The first kappa shape index (κ1) is 23.4. The fourth-order valence-corrected chi connectivity index (χ4v) is 5.54. The van der Waals surface area contributed by atoms with Gasteiger partial charge in [-0.3, -0.25) is 9.59 Å². The Morgan fingerprint density at radius 2 is 1.77 bits per heavy atom. The Balaban J connectivity index is 1.90. The minimum atomic E-state index is -0.0883. The first-order valence-electron chi connectivity index (χ1n) is 11.2. The number of amides is 2. The van der Waals surface area contributed by atoms with Crippen LogP contribution in [0, 0.1) is 19.8 Å². The third-order valence-corrected chi connectivity index (χ3v) is 7.25. The Kier molecular flexibility index (Phi) is 8.19. The van der Waals surface area contributed by atoms with Crippen LogP contribution in [0.4, 0.5) is 11.4 Å². The summed E-state index contributed by atoms with van der Waals surface area (Å²) in [4.78, 5) is 27.2. The molecule has 0 unspecified atom stereocenters. The first-order valence-corrected chi connectivity index (χ1v) is 12.2. The van der Waals surface area contributed by atoms with Crippen LogP contribution in [0.25, 0.3) is 0 Å². The minimum Gasteiger partial charge on any atom is -0.326 e. The molecule has 2 amide bonds. The van der Waals surface area contributed by atoms with Crippen LogP contribution in [-0.2, 0) is 16.1 Å². The molecule has 4 nitrogen and oxygen atoms in total. The van der Waals surface area contributed by atoms with Crippen molar-refractivity contribution in [2.75, 3.05) is 16.0 Å². The molecule has 1 aliphatic carbocycles. The van der Waals surface area contributed by atoms with Crippen molar-refractivity contribution in [1.29, 1.82) is 0 Å². The third-order valence-electron chi connectivity index (χ3n) is 5.98. The fraction of sp³-hybridized carbons (Fsp3) is 0.462. The van der Waals surface area contributed by atoms with E-state index in [-0.39, 0.29) is 11.8 Å². The Hall–Kier alpha value is -2.27. The molecule has 0 heterocycles. The number of rotatable bonds is 7. The van der Waals surface area contributed by atoms with Crippen LogP contribution in [0.3, 0.4) is 0 Å². The van der Waals surface area contributed by atoms with Crippen LogP contribution in [0.2, 0.25) is 0 Å². The van der Waals surface area contributed by atoms with Crippen LogP contribution in [0.1, 0.15) is 62.6 Å². The van der Waals surface area contributed by atoms with Crippen LogP contribution < -0.4 is 10.2 Å². The number of benzene rings is 2. The maximum absolute atomic E-state index is 12.7. The Labute approximate surface area is 190 Å². The number of carbonyl (C=O) groups is 2. The lowest BCUT2D eigenvalue weighted by Crippen LogP contribution is -2.28. The van der Waals surface area contributed by atoms with Gasteiger partial charge in [0.25, 0.3) is 0 Å². The molecule has 0 radical (unpaired) electrons. The largest absolute Gasteiger partial charge is 0.326 e. The second-order valence-electron chi connectivity index (χ2n) is 8.71. The van der Waals surface area contributed by atoms with Gasteiger partial charge in [0.15, 0.2) is 0 Å². The molecule has 0 aromatic heterocycles. The van der Waals surface area contributed by atoms with E-state index < -0.39 is 0 Å². The third kappa shape index (κ3) is 6.60. The molecule has 2 aromatic rings. The quantitative estimate of drug-likeness (QED) is 0.503. The summed E-state index contributed by atoms with van der Waals surface area (Å²) in [6, 6.07) is 12.2. The van der Waals surface area contributed by atoms with E-state index in [0.717, 1.165) is 33.5 Å². The summed E-state index contributed by atoms with van der Waals surface area (Å²) < 4.78 is 0. The van der Waals surface area contributed by atoms with Crippen molar-refractivity contribution >= 4 is 35.0 Å². The summed E-state index contributed by atoms with van der Waals surface area (Å²) in [5.74, 6) is 1.70.